The Morgan fingerprint density at radius 1 is 1.24 bits per heavy atom. The summed E-state index contributed by atoms with van der Waals surface area (Å²) >= 11 is 1.45. The number of aliphatic hydroxyl groups excluding tert-OH is 1. The van der Waals surface area contributed by atoms with Gasteiger partial charge < -0.3 is 10.1 Å². The molecule has 144 valence electrons. The highest BCUT2D eigenvalue weighted by molar-refractivity contribution is 7.25. The minimum atomic E-state index is -0.303. The lowest BCUT2D eigenvalue weighted by atomic mass is 10.0. The van der Waals surface area contributed by atoms with E-state index in [4.69, 9.17) is 10.2 Å². The van der Waals surface area contributed by atoms with E-state index in [1.807, 2.05) is 24.3 Å². The molecule has 0 spiro atoms. The van der Waals surface area contributed by atoms with Crippen molar-refractivity contribution in [3.05, 3.63) is 64.2 Å². The summed E-state index contributed by atoms with van der Waals surface area (Å²) in [6.07, 6.45) is 0.448. The van der Waals surface area contributed by atoms with E-state index in [9.17, 15) is 9.90 Å². The number of H-pyrrole nitrogens is 1. The summed E-state index contributed by atoms with van der Waals surface area (Å²) < 4.78 is 1.64. The molecule has 1 atom stereocenters. The standard InChI is InChI=1S/C22H18N4O2S/c23-10-13-1-3-14(4-2-13)15-5-6-18-17(9-15)20-21(29-18)22(28)25-19(24-20)12-26-8-7-16(27)11-26/h1-6,9,16,27H,7-8,11-12H2,(H,24,25,28)/t16-/m0/s1. The van der Waals surface area contributed by atoms with Crippen LogP contribution >= 0.6 is 11.3 Å². The van der Waals surface area contributed by atoms with Crippen LogP contribution in [0.25, 0.3) is 31.4 Å². The molecular weight excluding hydrogens is 384 g/mol. The number of nitriles is 1. The van der Waals surface area contributed by atoms with Gasteiger partial charge in [0.15, 0.2) is 0 Å². The first-order chi connectivity index (χ1) is 14.1. The quantitative estimate of drug-likeness (QED) is 0.549. The van der Waals surface area contributed by atoms with E-state index in [1.54, 1.807) is 12.1 Å². The molecule has 1 saturated heterocycles. The Hall–Kier alpha value is -3.05. The van der Waals surface area contributed by atoms with Crippen LogP contribution in [0.1, 0.15) is 17.8 Å². The fourth-order valence-corrected chi connectivity index (χ4v) is 4.88. The van der Waals surface area contributed by atoms with Crippen LogP contribution in [-0.4, -0.2) is 39.2 Å². The van der Waals surface area contributed by atoms with Crippen molar-refractivity contribution in [3.8, 4) is 17.2 Å². The molecule has 0 bridgehead atoms. The summed E-state index contributed by atoms with van der Waals surface area (Å²) in [7, 11) is 0. The summed E-state index contributed by atoms with van der Waals surface area (Å²) in [6, 6.07) is 15.7. The Labute approximate surface area is 170 Å². The lowest BCUT2D eigenvalue weighted by Gasteiger charge is -2.13. The number of hydrogen-bond acceptors (Lipinski definition) is 6. The van der Waals surface area contributed by atoms with E-state index in [0.29, 0.717) is 29.2 Å². The lowest BCUT2D eigenvalue weighted by Crippen LogP contribution is -2.24. The maximum atomic E-state index is 12.6. The molecular formula is C22H18N4O2S. The van der Waals surface area contributed by atoms with Gasteiger partial charge in [-0.25, -0.2) is 4.98 Å². The molecule has 2 N–H and O–H groups in total. The molecule has 1 aliphatic rings. The molecule has 0 aliphatic carbocycles. The van der Waals surface area contributed by atoms with Crippen molar-refractivity contribution < 1.29 is 5.11 Å². The second kappa shape index (κ2) is 7.08. The summed E-state index contributed by atoms with van der Waals surface area (Å²) in [5, 5.41) is 19.7. The molecule has 0 unspecified atom stereocenters. The number of thiophene rings is 1. The van der Waals surface area contributed by atoms with Crippen LogP contribution in [0.15, 0.2) is 47.3 Å². The van der Waals surface area contributed by atoms with E-state index < -0.39 is 0 Å². The molecule has 6 nitrogen and oxygen atoms in total. The van der Waals surface area contributed by atoms with Crippen molar-refractivity contribution >= 4 is 31.6 Å². The number of benzene rings is 2. The summed E-state index contributed by atoms with van der Waals surface area (Å²) in [4.78, 5) is 22.4. The van der Waals surface area contributed by atoms with Gasteiger partial charge in [-0.1, -0.05) is 18.2 Å². The SMILES string of the molecule is N#Cc1ccc(-c2ccc3sc4c(=O)[nH]c(CN5CC[C@H](O)C5)nc4c3c2)cc1. The van der Waals surface area contributed by atoms with E-state index in [1.165, 1.54) is 11.3 Å². The molecule has 1 aliphatic heterocycles. The third-order valence-corrected chi connectivity index (χ3v) is 6.50. The number of nitrogens with zero attached hydrogens (tertiary/aromatic N) is 3. The third kappa shape index (κ3) is 3.32. The summed E-state index contributed by atoms with van der Waals surface area (Å²) in [5.41, 5.74) is 3.26. The molecule has 1 fully saturated rings. The number of aromatic amines is 1. The molecule has 29 heavy (non-hydrogen) atoms. The van der Waals surface area contributed by atoms with Crippen LogP contribution in [0.2, 0.25) is 0 Å². The van der Waals surface area contributed by atoms with Gasteiger partial charge in [0.25, 0.3) is 5.56 Å². The maximum absolute atomic E-state index is 12.6. The molecule has 5 rings (SSSR count). The number of β-amino-alcohol motifs (C(OH)–C–C–N with tert-alkyl or cyclic N) is 1. The first kappa shape index (κ1) is 18.0. The van der Waals surface area contributed by atoms with Gasteiger partial charge in [0.1, 0.15) is 10.5 Å². The van der Waals surface area contributed by atoms with E-state index in [-0.39, 0.29) is 11.7 Å². The van der Waals surface area contributed by atoms with E-state index in [0.717, 1.165) is 39.7 Å². The van der Waals surface area contributed by atoms with Crippen molar-refractivity contribution in [2.24, 2.45) is 0 Å². The van der Waals surface area contributed by atoms with Gasteiger partial charge in [0.2, 0.25) is 0 Å². The first-order valence-corrected chi connectivity index (χ1v) is 10.3. The average molecular weight is 402 g/mol. The number of hydrogen-bond donors (Lipinski definition) is 2. The van der Waals surface area contributed by atoms with Gasteiger partial charge in [-0.2, -0.15) is 5.26 Å². The number of likely N-dealkylation sites (tertiary alicyclic amines) is 1. The Morgan fingerprint density at radius 3 is 2.76 bits per heavy atom. The maximum Gasteiger partial charge on any atom is 0.268 e. The molecule has 0 radical (unpaired) electrons. The van der Waals surface area contributed by atoms with Gasteiger partial charge in [-0.3, -0.25) is 9.69 Å². The Kier molecular flexibility index (Phi) is 4.40. The number of aromatic nitrogens is 2. The largest absolute Gasteiger partial charge is 0.392 e. The predicted molar refractivity (Wildman–Crippen MR) is 114 cm³/mol. The van der Waals surface area contributed by atoms with Crippen LogP contribution in [0.4, 0.5) is 0 Å². The average Bonchev–Trinajstić information content (AvgIpc) is 3.31. The van der Waals surface area contributed by atoms with Crippen LogP contribution in [0.3, 0.4) is 0 Å². The van der Waals surface area contributed by atoms with Crippen molar-refractivity contribution in [1.82, 2.24) is 14.9 Å². The molecule has 0 amide bonds. The number of aliphatic hydroxyl groups is 1. The minimum Gasteiger partial charge on any atom is -0.392 e. The molecule has 0 saturated carbocycles. The molecule has 2 aromatic heterocycles. The van der Waals surface area contributed by atoms with Gasteiger partial charge in [0.05, 0.1) is 29.8 Å². The van der Waals surface area contributed by atoms with Gasteiger partial charge in [-0.05, 0) is 41.8 Å². The fourth-order valence-electron chi connectivity index (χ4n) is 3.86. The highest BCUT2D eigenvalue weighted by atomic mass is 32.1. The highest BCUT2D eigenvalue weighted by Crippen LogP contribution is 2.34. The van der Waals surface area contributed by atoms with Crippen LogP contribution in [-0.2, 0) is 6.54 Å². The summed E-state index contributed by atoms with van der Waals surface area (Å²) in [6.45, 7) is 1.93. The molecule has 7 heteroatoms. The fraction of sp³-hybridized carbons (Fsp3) is 0.227. The zero-order valence-electron chi connectivity index (χ0n) is 15.6. The van der Waals surface area contributed by atoms with Crippen molar-refractivity contribution in [1.29, 1.82) is 5.26 Å². The third-order valence-electron chi connectivity index (χ3n) is 5.34. The number of nitrogens with one attached hydrogen (secondary N) is 1. The zero-order valence-corrected chi connectivity index (χ0v) is 16.4. The van der Waals surface area contributed by atoms with Gasteiger partial charge in [0, 0.05) is 23.2 Å². The van der Waals surface area contributed by atoms with Gasteiger partial charge >= 0.3 is 0 Å². The minimum absolute atomic E-state index is 0.120. The lowest BCUT2D eigenvalue weighted by molar-refractivity contribution is 0.174. The van der Waals surface area contributed by atoms with Crippen LogP contribution in [0, 0.1) is 11.3 Å². The second-order valence-electron chi connectivity index (χ2n) is 7.37. The van der Waals surface area contributed by atoms with E-state index in [2.05, 4.69) is 22.0 Å². The topological polar surface area (TPSA) is 93.0 Å². The van der Waals surface area contributed by atoms with E-state index >= 15 is 0 Å². The van der Waals surface area contributed by atoms with Crippen molar-refractivity contribution in [3.63, 3.8) is 0 Å². The smallest absolute Gasteiger partial charge is 0.268 e. The monoisotopic (exact) mass is 402 g/mol. The van der Waals surface area contributed by atoms with Crippen molar-refractivity contribution in [2.45, 2.75) is 19.1 Å². The number of rotatable bonds is 3. The predicted octanol–water partition coefficient (Wildman–Crippen LogP) is 3.24. The first-order valence-electron chi connectivity index (χ1n) is 9.47. The van der Waals surface area contributed by atoms with Crippen LogP contribution < -0.4 is 5.56 Å². The molecule has 2 aromatic carbocycles. The second-order valence-corrected chi connectivity index (χ2v) is 8.42. The Morgan fingerprint density at radius 2 is 2.03 bits per heavy atom. The molecule has 3 heterocycles. The summed E-state index contributed by atoms with van der Waals surface area (Å²) in [5.74, 6) is 0.625. The Bertz CT molecular complexity index is 1320. The number of fused-ring (bicyclic) bond motifs is 3. The van der Waals surface area contributed by atoms with Gasteiger partial charge in [-0.15, -0.1) is 11.3 Å². The molecule has 4 aromatic rings. The highest BCUT2D eigenvalue weighted by Gasteiger charge is 2.21. The van der Waals surface area contributed by atoms with Crippen molar-refractivity contribution in [2.75, 3.05) is 13.1 Å². The normalized spacial score (nSPS) is 17.2. The zero-order chi connectivity index (χ0) is 20.0. The Balaban J connectivity index is 1.59. The van der Waals surface area contributed by atoms with Crippen LogP contribution in [0.5, 0.6) is 0 Å².